The topological polar surface area (TPSA) is 32.3 Å². The van der Waals surface area contributed by atoms with Crippen LogP contribution in [-0.4, -0.2) is 30.9 Å². The molecule has 1 aromatic carbocycles. The molecule has 3 rings (SSSR count). The van der Waals surface area contributed by atoms with E-state index in [0.717, 1.165) is 25.8 Å². The number of hydrogen-bond donors (Lipinski definition) is 1. The molecule has 0 saturated carbocycles. The van der Waals surface area contributed by atoms with Crippen molar-refractivity contribution in [1.82, 2.24) is 4.90 Å². The van der Waals surface area contributed by atoms with Crippen molar-refractivity contribution < 1.29 is 4.79 Å². The number of nitrogens with one attached hydrogen (secondary N) is 1. The average Bonchev–Trinajstić information content (AvgIpc) is 2.77. The zero-order valence-corrected chi connectivity index (χ0v) is 11.3. The van der Waals surface area contributed by atoms with Gasteiger partial charge in [-0.2, -0.15) is 0 Å². The number of hydrogen-bond acceptors (Lipinski definition) is 2. The molecule has 0 fully saturated rings. The van der Waals surface area contributed by atoms with Crippen LogP contribution in [0.3, 0.4) is 0 Å². The van der Waals surface area contributed by atoms with Gasteiger partial charge in [0, 0.05) is 35.7 Å². The first-order chi connectivity index (χ1) is 8.20. The molecule has 0 saturated heterocycles. The van der Waals surface area contributed by atoms with E-state index in [-0.39, 0.29) is 0 Å². The molecule has 2 unspecified atom stereocenters. The number of amides is 1. The Kier molecular flexibility index (Phi) is 2.62. The predicted molar refractivity (Wildman–Crippen MR) is 71.3 cm³/mol. The van der Waals surface area contributed by atoms with Gasteiger partial charge in [-0.1, -0.05) is 15.9 Å². The molecule has 90 valence electrons. The van der Waals surface area contributed by atoms with Crippen molar-refractivity contribution in [3.05, 3.63) is 27.7 Å². The second-order valence-corrected chi connectivity index (χ2v) is 5.78. The first kappa shape index (κ1) is 11.1. The molecular weight excluding hydrogens is 280 g/mol. The zero-order valence-electron chi connectivity index (χ0n) is 9.74. The SMILES string of the molecule is CN(C=O)C1Cc2c(Br)ccc3c2C(CN3)C1. The molecule has 1 aliphatic heterocycles. The van der Waals surface area contributed by atoms with Crippen LogP contribution in [0.5, 0.6) is 0 Å². The van der Waals surface area contributed by atoms with Crippen LogP contribution in [0, 0.1) is 0 Å². The van der Waals surface area contributed by atoms with Crippen molar-refractivity contribution >= 4 is 28.0 Å². The van der Waals surface area contributed by atoms with Gasteiger partial charge in [0.15, 0.2) is 0 Å². The van der Waals surface area contributed by atoms with Gasteiger partial charge in [-0.25, -0.2) is 0 Å². The molecule has 0 radical (unpaired) electrons. The van der Waals surface area contributed by atoms with Crippen molar-refractivity contribution in [1.29, 1.82) is 0 Å². The van der Waals surface area contributed by atoms with Gasteiger partial charge in [-0.3, -0.25) is 4.79 Å². The van der Waals surface area contributed by atoms with Gasteiger partial charge in [-0.05, 0) is 36.1 Å². The summed E-state index contributed by atoms with van der Waals surface area (Å²) in [6.07, 6.45) is 2.96. The summed E-state index contributed by atoms with van der Waals surface area (Å²) in [4.78, 5) is 12.7. The van der Waals surface area contributed by atoms with E-state index in [2.05, 4.69) is 33.4 Å². The minimum Gasteiger partial charge on any atom is -0.384 e. The number of anilines is 1. The van der Waals surface area contributed by atoms with E-state index in [1.54, 1.807) is 4.90 Å². The van der Waals surface area contributed by atoms with Crippen LogP contribution >= 0.6 is 15.9 Å². The van der Waals surface area contributed by atoms with Crippen LogP contribution in [0.15, 0.2) is 16.6 Å². The molecule has 2 atom stereocenters. The minimum absolute atomic E-state index is 0.330. The quantitative estimate of drug-likeness (QED) is 0.850. The fraction of sp³-hybridized carbons (Fsp3) is 0.462. The minimum atomic E-state index is 0.330. The van der Waals surface area contributed by atoms with Crippen molar-refractivity contribution in [3.63, 3.8) is 0 Å². The van der Waals surface area contributed by atoms with Crippen molar-refractivity contribution in [2.45, 2.75) is 24.8 Å². The summed E-state index contributed by atoms with van der Waals surface area (Å²) in [6, 6.07) is 4.58. The fourth-order valence-electron chi connectivity index (χ4n) is 3.05. The van der Waals surface area contributed by atoms with Gasteiger partial charge in [0.25, 0.3) is 0 Å². The molecule has 1 amide bonds. The summed E-state index contributed by atoms with van der Waals surface area (Å²) in [5.74, 6) is 0.554. The second-order valence-electron chi connectivity index (χ2n) is 4.93. The largest absolute Gasteiger partial charge is 0.384 e. The van der Waals surface area contributed by atoms with Crippen LogP contribution in [-0.2, 0) is 11.2 Å². The first-order valence-corrected chi connectivity index (χ1v) is 6.72. The molecular formula is C13H15BrN2O. The highest BCUT2D eigenvalue weighted by Crippen LogP contribution is 2.44. The van der Waals surface area contributed by atoms with Crippen molar-refractivity contribution in [3.8, 4) is 0 Å². The van der Waals surface area contributed by atoms with Gasteiger partial charge in [0.05, 0.1) is 0 Å². The van der Waals surface area contributed by atoms with Gasteiger partial charge in [0.1, 0.15) is 0 Å². The maximum absolute atomic E-state index is 10.9. The molecule has 0 spiro atoms. The maximum Gasteiger partial charge on any atom is 0.209 e. The Bertz CT molecular complexity index is 475. The Morgan fingerprint density at radius 1 is 1.53 bits per heavy atom. The third kappa shape index (κ3) is 1.66. The first-order valence-electron chi connectivity index (χ1n) is 5.93. The fourth-order valence-corrected chi connectivity index (χ4v) is 3.55. The van der Waals surface area contributed by atoms with Crippen molar-refractivity contribution in [2.75, 3.05) is 18.9 Å². The number of rotatable bonds is 2. The smallest absolute Gasteiger partial charge is 0.209 e. The number of likely N-dealkylation sites (N-methyl/N-ethyl adjacent to an activating group) is 1. The van der Waals surface area contributed by atoms with E-state index < -0.39 is 0 Å². The molecule has 1 heterocycles. The number of carbonyl (C=O) groups is 1. The van der Waals surface area contributed by atoms with Crippen LogP contribution in [0.4, 0.5) is 5.69 Å². The van der Waals surface area contributed by atoms with Crippen LogP contribution in [0.1, 0.15) is 23.5 Å². The monoisotopic (exact) mass is 294 g/mol. The Balaban J connectivity index is 2.03. The molecule has 2 aliphatic rings. The van der Waals surface area contributed by atoms with Crippen LogP contribution in [0.2, 0.25) is 0 Å². The highest BCUT2D eigenvalue weighted by atomic mass is 79.9. The summed E-state index contributed by atoms with van der Waals surface area (Å²) in [7, 11) is 1.88. The molecule has 1 aliphatic carbocycles. The normalized spacial score (nSPS) is 25.1. The lowest BCUT2D eigenvalue weighted by Gasteiger charge is -2.33. The summed E-state index contributed by atoms with van der Waals surface area (Å²) in [5.41, 5.74) is 4.12. The van der Waals surface area contributed by atoms with E-state index in [4.69, 9.17) is 0 Å². The van der Waals surface area contributed by atoms with E-state index in [1.807, 2.05) is 7.05 Å². The standard InChI is InChI=1S/C13H15BrN2O/c1-16(7-17)9-4-8-6-15-12-3-2-11(14)10(5-9)13(8)12/h2-3,7-9,15H,4-6H2,1H3. The summed E-state index contributed by atoms with van der Waals surface area (Å²) in [6.45, 7) is 1.00. The second kappa shape index (κ2) is 4.02. The molecule has 1 aromatic rings. The molecule has 4 heteroatoms. The molecule has 1 N–H and O–H groups in total. The zero-order chi connectivity index (χ0) is 12.0. The van der Waals surface area contributed by atoms with E-state index in [0.29, 0.717) is 12.0 Å². The Labute approximate surface area is 109 Å². The van der Waals surface area contributed by atoms with Gasteiger partial charge >= 0.3 is 0 Å². The van der Waals surface area contributed by atoms with Crippen LogP contribution in [0.25, 0.3) is 0 Å². The Hall–Kier alpha value is -1.03. The lowest BCUT2D eigenvalue weighted by atomic mass is 9.81. The number of carbonyl (C=O) groups excluding carboxylic acids is 1. The van der Waals surface area contributed by atoms with Crippen molar-refractivity contribution in [2.24, 2.45) is 0 Å². The Morgan fingerprint density at radius 3 is 3.12 bits per heavy atom. The molecule has 0 aromatic heterocycles. The van der Waals surface area contributed by atoms with E-state index in [9.17, 15) is 4.79 Å². The average molecular weight is 295 g/mol. The molecule has 0 bridgehead atoms. The number of nitrogens with zero attached hydrogens (tertiary/aromatic N) is 1. The molecule has 3 nitrogen and oxygen atoms in total. The lowest BCUT2D eigenvalue weighted by molar-refractivity contribution is -0.119. The van der Waals surface area contributed by atoms with Gasteiger partial charge in [-0.15, -0.1) is 0 Å². The number of benzene rings is 1. The summed E-state index contributed by atoms with van der Waals surface area (Å²) < 4.78 is 1.17. The van der Waals surface area contributed by atoms with E-state index in [1.165, 1.54) is 21.3 Å². The Morgan fingerprint density at radius 2 is 2.35 bits per heavy atom. The van der Waals surface area contributed by atoms with Gasteiger partial charge < -0.3 is 10.2 Å². The van der Waals surface area contributed by atoms with Crippen LogP contribution < -0.4 is 5.32 Å². The number of halogens is 1. The third-order valence-corrected chi connectivity index (χ3v) is 4.73. The summed E-state index contributed by atoms with van der Waals surface area (Å²) in [5, 5.41) is 3.46. The van der Waals surface area contributed by atoms with Gasteiger partial charge in [0.2, 0.25) is 6.41 Å². The predicted octanol–water partition coefficient (Wildman–Crippen LogP) is 2.36. The lowest BCUT2D eigenvalue weighted by Crippen LogP contribution is -2.37. The summed E-state index contributed by atoms with van der Waals surface area (Å²) >= 11 is 3.64. The highest BCUT2D eigenvalue weighted by Gasteiger charge is 2.35. The third-order valence-electron chi connectivity index (χ3n) is 3.99. The van der Waals surface area contributed by atoms with E-state index >= 15 is 0 Å². The highest BCUT2D eigenvalue weighted by molar-refractivity contribution is 9.10. The molecule has 17 heavy (non-hydrogen) atoms. The maximum atomic E-state index is 10.9.